The smallest absolute Gasteiger partial charge is 0.346 e. The summed E-state index contributed by atoms with van der Waals surface area (Å²) in [7, 11) is 0. The van der Waals surface area contributed by atoms with Gasteiger partial charge in [-0.05, 0) is 28.7 Å². The van der Waals surface area contributed by atoms with Crippen LogP contribution in [0.3, 0.4) is 0 Å². The normalized spacial score (nSPS) is 10.4. The minimum Gasteiger partial charge on any atom is -0.477 e. The molecule has 0 saturated heterocycles. The largest absolute Gasteiger partial charge is 0.477 e. The molecule has 2 aromatic carbocycles. The Bertz CT molecular complexity index is 1070. The summed E-state index contributed by atoms with van der Waals surface area (Å²) >= 11 is 1.16. The molecule has 0 unspecified atom stereocenters. The lowest BCUT2D eigenvalue weighted by atomic mass is 9.96. The Labute approximate surface area is 166 Å². The Morgan fingerprint density at radius 2 is 1.57 bits per heavy atom. The molecule has 1 aromatic heterocycles. The zero-order valence-electron chi connectivity index (χ0n) is 15.2. The number of aromatic carboxylic acids is 1. The van der Waals surface area contributed by atoms with Crippen molar-refractivity contribution in [3.05, 3.63) is 69.4 Å². The molecule has 0 saturated carbocycles. The van der Waals surface area contributed by atoms with Crippen LogP contribution in [0.15, 0.2) is 48.5 Å². The number of carboxylic acid groups (broad SMARTS) is 1. The van der Waals surface area contributed by atoms with Crippen molar-refractivity contribution < 1.29 is 14.7 Å². The van der Waals surface area contributed by atoms with Gasteiger partial charge in [0, 0.05) is 10.4 Å². The molecule has 3 N–H and O–H groups in total. The number of primary amides is 1. The second-order valence-electron chi connectivity index (χ2n) is 6.29. The van der Waals surface area contributed by atoms with Gasteiger partial charge in [-0.1, -0.05) is 55.5 Å². The quantitative estimate of drug-likeness (QED) is 0.657. The molecule has 0 bridgehead atoms. The van der Waals surface area contributed by atoms with Crippen molar-refractivity contribution in [1.29, 1.82) is 5.26 Å². The Hall–Kier alpha value is -3.43. The van der Waals surface area contributed by atoms with Crippen molar-refractivity contribution in [1.82, 2.24) is 0 Å². The van der Waals surface area contributed by atoms with E-state index in [-0.39, 0.29) is 17.2 Å². The van der Waals surface area contributed by atoms with Gasteiger partial charge in [-0.3, -0.25) is 4.79 Å². The number of thiophene rings is 1. The lowest BCUT2D eigenvalue weighted by Gasteiger charge is -2.07. The molecule has 0 spiro atoms. The van der Waals surface area contributed by atoms with Crippen LogP contribution in [0, 0.1) is 11.3 Å². The minimum absolute atomic E-state index is 0.192. The first-order valence-corrected chi connectivity index (χ1v) is 9.53. The van der Waals surface area contributed by atoms with Gasteiger partial charge in [0.25, 0.3) is 0 Å². The molecule has 5 nitrogen and oxygen atoms in total. The average molecular weight is 390 g/mol. The lowest BCUT2D eigenvalue weighted by molar-refractivity contribution is -0.117. The summed E-state index contributed by atoms with van der Waals surface area (Å²) in [6.45, 7) is 1.91. The maximum Gasteiger partial charge on any atom is 0.346 e. The van der Waals surface area contributed by atoms with Gasteiger partial charge in [0.15, 0.2) is 0 Å². The number of nitriles is 1. The zero-order valence-corrected chi connectivity index (χ0v) is 16.0. The van der Waals surface area contributed by atoms with Crippen LogP contribution in [0.1, 0.15) is 32.6 Å². The van der Waals surface area contributed by atoms with Crippen LogP contribution in [0.5, 0.6) is 0 Å². The van der Waals surface area contributed by atoms with Crippen molar-refractivity contribution >= 4 is 23.2 Å². The molecular formula is C22H18N2O3S. The maximum atomic E-state index is 11.7. The molecule has 0 aliphatic carbocycles. The molecular weight excluding hydrogens is 372 g/mol. The van der Waals surface area contributed by atoms with Gasteiger partial charge in [0.05, 0.1) is 12.0 Å². The monoisotopic (exact) mass is 390 g/mol. The van der Waals surface area contributed by atoms with Gasteiger partial charge < -0.3 is 10.8 Å². The summed E-state index contributed by atoms with van der Waals surface area (Å²) in [5.41, 5.74) is 9.62. The van der Waals surface area contributed by atoms with Crippen LogP contribution in [-0.2, 0) is 17.6 Å². The Morgan fingerprint density at radius 1 is 1.04 bits per heavy atom. The third-order valence-corrected chi connectivity index (χ3v) is 5.77. The molecule has 0 radical (unpaired) electrons. The summed E-state index contributed by atoms with van der Waals surface area (Å²) in [6, 6.07) is 17.2. The van der Waals surface area contributed by atoms with Crippen LogP contribution < -0.4 is 5.73 Å². The Kier molecular flexibility index (Phi) is 5.57. The molecule has 3 aromatic rings. The topological polar surface area (TPSA) is 104 Å². The van der Waals surface area contributed by atoms with E-state index in [9.17, 15) is 20.0 Å². The Morgan fingerprint density at radius 3 is 2.04 bits per heavy atom. The van der Waals surface area contributed by atoms with Crippen LogP contribution in [0.4, 0.5) is 0 Å². The number of aryl methyl sites for hydroxylation is 1. The number of carboxylic acids is 1. The maximum absolute atomic E-state index is 11.7. The number of rotatable bonds is 6. The first kappa shape index (κ1) is 19.3. The molecule has 1 heterocycles. The summed E-state index contributed by atoms with van der Waals surface area (Å²) in [5, 5.41) is 19.1. The molecule has 0 aliphatic heterocycles. The number of carbonyl (C=O) groups is 2. The van der Waals surface area contributed by atoms with Crippen LogP contribution in [-0.4, -0.2) is 17.0 Å². The lowest BCUT2D eigenvalue weighted by Crippen LogP contribution is -2.13. The van der Waals surface area contributed by atoms with E-state index >= 15 is 0 Å². The predicted molar refractivity (Wildman–Crippen MR) is 109 cm³/mol. The number of hydrogen-bond acceptors (Lipinski definition) is 4. The zero-order chi connectivity index (χ0) is 20.3. The van der Waals surface area contributed by atoms with Gasteiger partial charge in [-0.25, -0.2) is 4.79 Å². The molecule has 6 heteroatoms. The molecule has 0 aliphatic rings. The number of benzene rings is 2. The fourth-order valence-corrected chi connectivity index (χ4v) is 4.17. The first-order valence-electron chi connectivity index (χ1n) is 8.71. The van der Waals surface area contributed by atoms with E-state index < -0.39 is 5.97 Å². The van der Waals surface area contributed by atoms with Crippen LogP contribution >= 0.6 is 11.3 Å². The van der Waals surface area contributed by atoms with E-state index in [1.165, 1.54) is 0 Å². The summed E-state index contributed by atoms with van der Waals surface area (Å²) in [6.07, 6.45) is 0.815. The van der Waals surface area contributed by atoms with Crippen molar-refractivity contribution in [3.63, 3.8) is 0 Å². The third-order valence-electron chi connectivity index (χ3n) is 4.45. The fraction of sp³-hybridized carbons (Fsp3) is 0.136. The van der Waals surface area contributed by atoms with Crippen LogP contribution in [0.25, 0.3) is 22.3 Å². The first-order chi connectivity index (χ1) is 13.4. The van der Waals surface area contributed by atoms with Gasteiger partial charge in [0.2, 0.25) is 5.91 Å². The summed E-state index contributed by atoms with van der Waals surface area (Å²) < 4.78 is 0. The standard InChI is InChI=1S/C22H18N2O3S/c1-2-18-17(12-23)20(21(28-18)22(26)27)16-9-7-15(8-10-16)14-5-3-13(4-6-14)11-19(24)25/h3-10H,2,11H2,1H3,(H2,24,25)(H,26,27). The predicted octanol–water partition coefficient (Wildman–Crippen LogP) is 4.24. The van der Waals surface area contributed by atoms with E-state index in [0.29, 0.717) is 23.1 Å². The molecule has 140 valence electrons. The minimum atomic E-state index is -1.02. The highest BCUT2D eigenvalue weighted by Gasteiger charge is 2.23. The van der Waals surface area contributed by atoms with Gasteiger partial charge in [0.1, 0.15) is 10.9 Å². The van der Waals surface area contributed by atoms with Crippen molar-refractivity contribution in [2.45, 2.75) is 19.8 Å². The van der Waals surface area contributed by atoms with E-state index in [2.05, 4.69) is 6.07 Å². The highest BCUT2D eigenvalue weighted by Crippen LogP contribution is 2.37. The number of amides is 1. The molecule has 0 fully saturated rings. The summed E-state index contributed by atoms with van der Waals surface area (Å²) in [5.74, 6) is -1.40. The van der Waals surface area contributed by atoms with Crippen molar-refractivity contribution in [3.8, 4) is 28.3 Å². The Balaban J connectivity index is 1.98. The molecule has 0 atom stereocenters. The van der Waals surface area contributed by atoms with E-state index in [1.54, 1.807) is 0 Å². The highest BCUT2D eigenvalue weighted by atomic mass is 32.1. The van der Waals surface area contributed by atoms with Gasteiger partial charge >= 0.3 is 5.97 Å². The SMILES string of the molecule is CCc1sc(C(=O)O)c(-c2ccc(-c3ccc(CC(N)=O)cc3)cc2)c1C#N. The number of hydrogen-bond donors (Lipinski definition) is 2. The van der Waals surface area contributed by atoms with Gasteiger partial charge in [-0.15, -0.1) is 11.3 Å². The van der Waals surface area contributed by atoms with E-state index in [4.69, 9.17) is 5.73 Å². The number of nitrogens with two attached hydrogens (primary N) is 1. The van der Waals surface area contributed by atoms with E-state index in [1.807, 2.05) is 55.5 Å². The summed E-state index contributed by atoms with van der Waals surface area (Å²) in [4.78, 5) is 23.6. The fourth-order valence-electron chi connectivity index (χ4n) is 3.12. The van der Waals surface area contributed by atoms with Crippen LogP contribution in [0.2, 0.25) is 0 Å². The van der Waals surface area contributed by atoms with E-state index in [0.717, 1.165) is 32.9 Å². The number of carbonyl (C=O) groups excluding carboxylic acids is 1. The molecule has 3 rings (SSSR count). The molecule has 28 heavy (non-hydrogen) atoms. The van der Waals surface area contributed by atoms with Crippen molar-refractivity contribution in [2.24, 2.45) is 5.73 Å². The second kappa shape index (κ2) is 8.07. The van der Waals surface area contributed by atoms with Crippen molar-refractivity contribution in [2.75, 3.05) is 0 Å². The highest BCUT2D eigenvalue weighted by molar-refractivity contribution is 7.14. The number of nitrogens with zero attached hydrogens (tertiary/aromatic N) is 1. The van der Waals surface area contributed by atoms with Gasteiger partial charge in [-0.2, -0.15) is 5.26 Å². The average Bonchev–Trinajstić information content (AvgIpc) is 3.07. The third kappa shape index (κ3) is 3.80. The molecule has 1 amide bonds. The second-order valence-corrected chi connectivity index (χ2v) is 7.40.